The number of benzene rings is 4. The summed E-state index contributed by atoms with van der Waals surface area (Å²) < 4.78 is 0. The summed E-state index contributed by atoms with van der Waals surface area (Å²) in [4.78, 5) is 2.06. The van der Waals surface area contributed by atoms with Gasteiger partial charge >= 0.3 is 0 Å². The van der Waals surface area contributed by atoms with Gasteiger partial charge in [0.2, 0.25) is 0 Å². The van der Waals surface area contributed by atoms with Crippen LogP contribution in [-0.2, 0) is 6.42 Å². The highest BCUT2D eigenvalue weighted by Gasteiger charge is 2.05. The Kier molecular flexibility index (Phi) is 7.20. The molecular formula is C28H29N5. The molecule has 0 aliphatic heterocycles. The van der Waals surface area contributed by atoms with Crippen LogP contribution in [0.25, 0.3) is 10.8 Å². The van der Waals surface area contributed by atoms with E-state index in [4.69, 9.17) is 0 Å². The van der Waals surface area contributed by atoms with Crippen molar-refractivity contribution in [3.63, 3.8) is 0 Å². The number of fused-ring (bicyclic) bond motifs is 1. The quantitative estimate of drug-likeness (QED) is 0.255. The number of unbranched alkanes of at least 4 members (excludes halogenated alkanes) is 1. The fraction of sp³-hybridized carbons (Fsp3) is 0.214. The van der Waals surface area contributed by atoms with Crippen molar-refractivity contribution >= 4 is 39.2 Å². The first-order valence-electron chi connectivity index (χ1n) is 11.4. The molecule has 5 heteroatoms. The number of rotatable bonds is 8. The second kappa shape index (κ2) is 10.6. The van der Waals surface area contributed by atoms with Crippen LogP contribution in [0.3, 0.4) is 0 Å². The van der Waals surface area contributed by atoms with Gasteiger partial charge in [-0.15, -0.1) is 10.2 Å². The predicted octanol–water partition coefficient (Wildman–Crippen LogP) is 9.08. The molecule has 0 aromatic heterocycles. The van der Waals surface area contributed by atoms with Gasteiger partial charge < -0.3 is 4.90 Å². The van der Waals surface area contributed by atoms with Crippen LogP contribution >= 0.6 is 0 Å². The standard InChI is InChI=1S/C28H29N5/c1-4-5-8-21-11-13-22(14-12-21)29-31-27-19-20-28(26-10-7-6-9-25(26)27)32-30-23-15-17-24(18-16-23)33(2)3/h6-7,9-20H,4-5,8H2,1-3H3. The molecule has 0 spiro atoms. The van der Waals surface area contributed by atoms with Crippen molar-refractivity contribution in [3.8, 4) is 0 Å². The zero-order valence-electron chi connectivity index (χ0n) is 19.4. The highest BCUT2D eigenvalue weighted by molar-refractivity contribution is 5.99. The maximum absolute atomic E-state index is 4.53. The van der Waals surface area contributed by atoms with Crippen LogP contribution in [-0.4, -0.2) is 14.1 Å². The summed E-state index contributed by atoms with van der Waals surface area (Å²) in [5.41, 5.74) is 5.76. The second-order valence-corrected chi connectivity index (χ2v) is 8.23. The van der Waals surface area contributed by atoms with Crippen molar-refractivity contribution < 1.29 is 0 Å². The van der Waals surface area contributed by atoms with Gasteiger partial charge in [-0.3, -0.25) is 0 Å². The normalized spacial score (nSPS) is 11.6. The summed E-state index contributed by atoms with van der Waals surface area (Å²) in [5, 5.41) is 19.9. The Hall–Kier alpha value is -3.86. The van der Waals surface area contributed by atoms with E-state index in [2.05, 4.69) is 44.4 Å². The third-order valence-electron chi connectivity index (χ3n) is 5.55. The minimum Gasteiger partial charge on any atom is -0.378 e. The van der Waals surface area contributed by atoms with Crippen LogP contribution in [0.4, 0.5) is 28.4 Å². The maximum atomic E-state index is 4.53. The summed E-state index contributed by atoms with van der Waals surface area (Å²) in [7, 11) is 4.04. The van der Waals surface area contributed by atoms with Crippen LogP contribution in [0.1, 0.15) is 25.3 Å². The summed E-state index contributed by atoms with van der Waals surface area (Å²) >= 11 is 0. The molecule has 0 radical (unpaired) electrons. The number of anilines is 1. The fourth-order valence-electron chi connectivity index (χ4n) is 3.59. The molecule has 5 nitrogen and oxygen atoms in total. The van der Waals surface area contributed by atoms with Crippen molar-refractivity contribution in [2.75, 3.05) is 19.0 Å². The fourth-order valence-corrected chi connectivity index (χ4v) is 3.59. The Bertz CT molecular complexity index is 1260. The van der Waals surface area contributed by atoms with Gasteiger partial charge in [0, 0.05) is 30.6 Å². The highest BCUT2D eigenvalue weighted by Crippen LogP contribution is 2.35. The molecule has 4 aromatic rings. The molecule has 0 aliphatic carbocycles. The van der Waals surface area contributed by atoms with Gasteiger partial charge in [-0.25, -0.2) is 0 Å². The molecule has 4 rings (SSSR count). The zero-order valence-corrected chi connectivity index (χ0v) is 19.4. The number of hydrogen-bond acceptors (Lipinski definition) is 5. The lowest BCUT2D eigenvalue weighted by Gasteiger charge is -2.11. The van der Waals surface area contributed by atoms with Crippen molar-refractivity contribution in [2.45, 2.75) is 26.2 Å². The van der Waals surface area contributed by atoms with Crippen LogP contribution < -0.4 is 4.90 Å². The van der Waals surface area contributed by atoms with Crippen LogP contribution in [0, 0.1) is 0 Å². The molecule has 0 atom stereocenters. The van der Waals surface area contributed by atoms with Gasteiger partial charge in [-0.05, 0) is 66.9 Å². The minimum absolute atomic E-state index is 0.807. The van der Waals surface area contributed by atoms with Gasteiger partial charge in [0.15, 0.2) is 0 Å². The van der Waals surface area contributed by atoms with E-state index >= 15 is 0 Å². The van der Waals surface area contributed by atoms with E-state index in [0.29, 0.717) is 0 Å². The lowest BCUT2D eigenvalue weighted by Crippen LogP contribution is -2.07. The lowest BCUT2D eigenvalue weighted by atomic mass is 10.1. The number of aryl methyl sites for hydroxylation is 1. The molecule has 0 saturated heterocycles. The largest absolute Gasteiger partial charge is 0.378 e. The number of hydrogen-bond donors (Lipinski definition) is 0. The predicted molar refractivity (Wildman–Crippen MR) is 138 cm³/mol. The number of nitrogens with zero attached hydrogens (tertiary/aromatic N) is 5. The molecule has 166 valence electrons. The summed E-state index contributed by atoms with van der Waals surface area (Å²) in [6, 6.07) is 28.3. The highest BCUT2D eigenvalue weighted by atomic mass is 15.1. The van der Waals surface area contributed by atoms with E-state index in [1.807, 2.05) is 86.9 Å². The Morgan fingerprint density at radius 1 is 0.606 bits per heavy atom. The van der Waals surface area contributed by atoms with E-state index in [0.717, 1.165) is 45.6 Å². The first kappa shape index (κ1) is 22.3. The van der Waals surface area contributed by atoms with E-state index in [1.165, 1.54) is 18.4 Å². The van der Waals surface area contributed by atoms with Crippen LogP contribution in [0.2, 0.25) is 0 Å². The molecule has 0 unspecified atom stereocenters. The SMILES string of the molecule is CCCCc1ccc(N=Nc2ccc(N=Nc3ccc(N(C)C)cc3)c3ccccc23)cc1. The molecule has 4 aromatic carbocycles. The maximum Gasteiger partial charge on any atom is 0.0936 e. The molecule has 0 saturated carbocycles. The van der Waals surface area contributed by atoms with Crippen LogP contribution in [0.15, 0.2) is 105 Å². The van der Waals surface area contributed by atoms with Crippen molar-refractivity contribution in [1.82, 2.24) is 0 Å². The van der Waals surface area contributed by atoms with Gasteiger partial charge in [0.05, 0.1) is 22.7 Å². The minimum atomic E-state index is 0.807. The summed E-state index contributed by atoms with van der Waals surface area (Å²) in [5.74, 6) is 0. The molecule has 33 heavy (non-hydrogen) atoms. The van der Waals surface area contributed by atoms with E-state index in [-0.39, 0.29) is 0 Å². The topological polar surface area (TPSA) is 52.7 Å². The molecule has 0 heterocycles. The number of azo groups is 2. The third-order valence-corrected chi connectivity index (χ3v) is 5.55. The Balaban J connectivity index is 1.56. The molecule has 0 amide bonds. The van der Waals surface area contributed by atoms with Gasteiger partial charge in [-0.1, -0.05) is 49.7 Å². The van der Waals surface area contributed by atoms with Gasteiger partial charge in [-0.2, -0.15) is 10.2 Å². The average molecular weight is 436 g/mol. The molecule has 0 N–H and O–H groups in total. The van der Waals surface area contributed by atoms with Crippen molar-refractivity contribution in [3.05, 3.63) is 90.5 Å². The smallest absolute Gasteiger partial charge is 0.0936 e. The van der Waals surface area contributed by atoms with Crippen molar-refractivity contribution in [2.24, 2.45) is 20.5 Å². The zero-order chi connectivity index (χ0) is 23.0. The summed E-state index contributed by atoms with van der Waals surface area (Å²) in [6.45, 7) is 2.21. The van der Waals surface area contributed by atoms with Gasteiger partial charge in [0.1, 0.15) is 0 Å². The molecular weight excluding hydrogens is 406 g/mol. The average Bonchev–Trinajstić information content (AvgIpc) is 2.86. The van der Waals surface area contributed by atoms with Crippen molar-refractivity contribution in [1.29, 1.82) is 0 Å². The molecule has 0 fully saturated rings. The van der Waals surface area contributed by atoms with Crippen LogP contribution in [0.5, 0.6) is 0 Å². The third kappa shape index (κ3) is 5.69. The lowest BCUT2D eigenvalue weighted by molar-refractivity contribution is 0.795. The first-order valence-corrected chi connectivity index (χ1v) is 11.4. The van der Waals surface area contributed by atoms with E-state index in [9.17, 15) is 0 Å². The Labute approximate surface area is 195 Å². The summed E-state index contributed by atoms with van der Waals surface area (Å²) in [6.07, 6.45) is 3.51. The van der Waals surface area contributed by atoms with Gasteiger partial charge in [0.25, 0.3) is 0 Å². The Morgan fingerprint density at radius 3 is 1.61 bits per heavy atom. The monoisotopic (exact) mass is 435 g/mol. The second-order valence-electron chi connectivity index (χ2n) is 8.23. The van der Waals surface area contributed by atoms with E-state index < -0.39 is 0 Å². The van der Waals surface area contributed by atoms with E-state index in [1.54, 1.807) is 0 Å². The molecule has 0 bridgehead atoms. The molecule has 0 aliphatic rings. The first-order chi connectivity index (χ1) is 16.1. The Morgan fingerprint density at radius 2 is 1.12 bits per heavy atom.